The van der Waals surface area contributed by atoms with E-state index in [9.17, 15) is 13.2 Å². The van der Waals surface area contributed by atoms with Crippen molar-refractivity contribution in [1.82, 2.24) is 0 Å². The SMILES string of the molecule is CC[C@@H](Oc1cccc(OC)c1)C(=O)Nc1ccc(S(=O)(=O)Nc2ccc(C)cc2C)cc1. The molecule has 0 saturated heterocycles. The average Bonchev–Trinajstić information content (AvgIpc) is 2.79. The number of hydrogen-bond acceptors (Lipinski definition) is 5. The van der Waals surface area contributed by atoms with Crippen LogP contribution in [0.3, 0.4) is 0 Å². The summed E-state index contributed by atoms with van der Waals surface area (Å²) in [6.45, 7) is 5.64. The normalized spacial score (nSPS) is 12.0. The third-order valence-electron chi connectivity index (χ3n) is 5.04. The Labute approximate surface area is 194 Å². The lowest BCUT2D eigenvalue weighted by molar-refractivity contribution is -0.122. The van der Waals surface area contributed by atoms with Gasteiger partial charge in [-0.3, -0.25) is 9.52 Å². The van der Waals surface area contributed by atoms with E-state index in [1.165, 1.54) is 12.1 Å². The first-order valence-corrected chi connectivity index (χ1v) is 12.0. The molecule has 3 aromatic rings. The van der Waals surface area contributed by atoms with Gasteiger partial charge in [0.2, 0.25) is 0 Å². The second-order valence-corrected chi connectivity index (χ2v) is 9.31. The first kappa shape index (κ1) is 24.1. The van der Waals surface area contributed by atoms with Gasteiger partial charge in [0, 0.05) is 11.8 Å². The highest BCUT2D eigenvalue weighted by atomic mass is 32.2. The van der Waals surface area contributed by atoms with Crippen LogP contribution < -0.4 is 19.5 Å². The molecule has 1 amide bonds. The van der Waals surface area contributed by atoms with Crippen LogP contribution in [0.15, 0.2) is 71.6 Å². The van der Waals surface area contributed by atoms with Crippen molar-refractivity contribution in [3.05, 3.63) is 77.9 Å². The van der Waals surface area contributed by atoms with E-state index in [2.05, 4.69) is 10.0 Å². The summed E-state index contributed by atoms with van der Waals surface area (Å²) in [7, 11) is -2.20. The number of hydrogen-bond donors (Lipinski definition) is 2. The van der Waals surface area contributed by atoms with E-state index in [0.29, 0.717) is 29.3 Å². The summed E-state index contributed by atoms with van der Waals surface area (Å²) in [5.74, 6) is 0.827. The Kier molecular flexibility index (Phi) is 7.60. The van der Waals surface area contributed by atoms with Crippen molar-refractivity contribution in [3.63, 3.8) is 0 Å². The molecule has 0 saturated carbocycles. The summed E-state index contributed by atoms with van der Waals surface area (Å²) in [6.07, 6.45) is -0.262. The monoisotopic (exact) mass is 468 g/mol. The van der Waals surface area contributed by atoms with Gasteiger partial charge in [0.25, 0.3) is 15.9 Å². The zero-order valence-electron chi connectivity index (χ0n) is 19.1. The number of anilines is 2. The Bertz CT molecular complexity index is 1220. The van der Waals surface area contributed by atoms with Gasteiger partial charge >= 0.3 is 0 Å². The zero-order valence-corrected chi connectivity index (χ0v) is 19.9. The first-order chi connectivity index (χ1) is 15.7. The van der Waals surface area contributed by atoms with E-state index in [0.717, 1.165) is 11.1 Å². The molecule has 0 spiro atoms. The Morgan fingerprint density at radius 3 is 2.30 bits per heavy atom. The lowest BCUT2D eigenvalue weighted by atomic mass is 10.1. The van der Waals surface area contributed by atoms with Crippen LogP contribution in [0.4, 0.5) is 11.4 Å². The number of nitrogens with one attached hydrogen (secondary N) is 2. The molecule has 3 rings (SSSR count). The fourth-order valence-electron chi connectivity index (χ4n) is 3.23. The number of sulfonamides is 1. The summed E-state index contributed by atoms with van der Waals surface area (Å²) >= 11 is 0. The van der Waals surface area contributed by atoms with Crippen LogP contribution >= 0.6 is 0 Å². The molecule has 1 atom stereocenters. The smallest absolute Gasteiger partial charge is 0.265 e. The molecule has 33 heavy (non-hydrogen) atoms. The van der Waals surface area contributed by atoms with Crippen molar-refractivity contribution in [3.8, 4) is 11.5 Å². The van der Waals surface area contributed by atoms with Gasteiger partial charge in [-0.2, -0.15) is 0 Å². The largest absolute Gasteiger partial charge is 0.497 e. The standard InChI is InChI=1S/C25H28N2O5S/c1-5-24(32-21-8-6-7-20(16-21)31-4)25(28)26-19-10-12-22(13-11-19)33(29,30)27-23-14-9-17(2)15-18(23)3/h6-16,24,27H,5H2,1-4H3,(H,26,28)/t24-/m1/s1. The molecule has 2 N–H and O–H groups in total. The minimum atomic E-state index is -3.76. The first-order valence-electron chi connectivity index (χ1n) is 10.5. The van der Waals surface area contributed by atoms with Gasteiger partial charge in [0.05, 0.1) is 17.7 Å². The van der Waals surface area contributed by atoms with Crippen molar-refractivity contribution in [2.75, 3.05) is 17.1 Å². The molecule has 0 radical (unpaired) electrons. The number of rotatable bonds is 9. The van der Waals surface area contributed by atoms with E-state index in [4.69, 9.17) is 9.47 Å². The number of aryl methyl sites for hydroxylation is 2. The fraction of sp³-hybridized carbons (Fsp3) is 0.240. The highest BCUT2D eigenvalue weighted by Crippen LogP contribution is 2.23. The molecular weight excluding hydrogens is 440 g/mol. The second-order valence-electron chi connectivity index (χ2n) is 7.63. The van der Waals surface area contributed by atoms with Crippen molar-refractivity contribution < 1.29 is 22.7 Å². The maximum Gasteiger partial charge on any atom is 0.265 e. The molecule has 7 nitrogen and oxygen atoms in total. The minimum Gasteiger partial charge on any atom is -0.497 e. The molecule has 3 aromatic carbocycles. The number of carbonyl (C=O) groups is 1. The van der Waals surface area contributed by atoms with E-state index in [1.807, 2.05) is 32.9 Å². The van der Waals surface area contributed by atoms with Crippen LogP contribution in [-0.4, -0.2) is 27.5 Å². The minimum absolute atomic E-state index is 0.0974. The Morgan fingerprint density at radius 2 is 1.67 bits per heavy atom. The third kappa shape index (κ3) is 6.26. The maximum atomic E-state index is 12.8. The van der Waals surface area contributed by atoms with Crippen LogP contribution in [0.25, 0.3) is 0 Å². The second kappa shape index (κ2) is 10.4. The number of carbonyl (C=O) groups excluding carboxylic acids is 1. The highest BCUT2D eigenvalue weighted by Gasteiger charge is 2.20. The zero-order chi connectivity index (χ0) is 24.0. The molecule has 0 heterocycles. The lowest BCUT2D eigenvalue weighted by Gasteiger charge is -2.18. The molecule has 174 valence electrons. The van der Waals surface area contributed by atoms with Gasteiger partial charge in [-0.1, -0.05) is 30.7 Å². The molecule has 0 fully saturated rings. The summed E-state index contributed by atoms with van der Waals surface area (Å²) < 4.78 is 39.1. The van der Waals surface area contributed by atoms with Gasteiger partial charge in [-0.15, -0.1) is 0 Å². The van der Waals surface area contributed by atoms with Crippen molar-refractivity contribution in [2.24, 2.45) is 0 Å². The summed E-state index contributed by atoms with van der Waals surface area (Å²) in [4.78, 5) is 12.8. The Balaban J connectivity index is 1.67. The number of methoxy groups -OCH3 is 1. The number of ether oxygens (including phenoxy) is 2. The van der Waals surface area contributed by atoms with Crippen LogP contribution in [-0.2, 0) is 14.8 Å². The van der Waals surface area contributed by atoms with Crippen LogP contribution in [0.1, 0.15) is 24.5 Å². The molecule has 0 aromatic heterocycles. The van der Waals surface area contributed by atoms with Crippen LogP contribution in [0.5, 0.6) is 11.5 Å². The summed E-state index contributed by atoms with van der Waals surface area (Å²) in [5.41, 5.74) is 2.89. The summed E-state index contributed by atoms with van der Waals surface area (Å²) in [6, 6.07) is 18.5. The van der Waals surface area contributed by atoms with Crippen LogP contribution in [0, 0.1) is 13.8 Å². The number of benzene rings is 3. The topological polar surface area (TPSA) is 93.7 Å². The third-order valence-corrected chi connectivity index (χ3v) is 6.42. The van der Waals surface area contributed by atoms with E-state index in [-0.39, 0.29) is 10.8 Å². The van der Waals surface area contributed by atoms with E-state index < -0.39 is 16.1 Å². The molecule has 8 heteroatoms. The van der Waals surface area contributed by atoms with Crippen molar-refractivity contribution in [1.29, 1.82) is 0 Å². The van der Waals surface area contributed by atoms with Gasteiger partial charge in [-0.25, -0.2) is 8.42 Å². The van der Waals surface area contributed by atoms with Gasteiger partial charge in [0.1, 0.15) is 11.5 Å². The molecule has 0 unspecified atom stereocenters. The quantitative estimate of drug-likeness (QED) is 0.465. The molecule has 0 bridgehead atoms. The molecule has 0 aliphatic rings. The van der Waals surface area contributed by atoms with Crippen LogP contribution in [0.2, 0.25) is 0 Å². The predicted molar refractivity (Wildman–Crippen MR) is 129 cm³/mol. The summed E-state index contributed by atoms with van der Waals surface area (Å²) in [5, 5.41) is 2.78. The fourth-order valence-corrected chi connectivity index (χ4v) is 4.36. The lowest BCUT2D eigenvalue weighted by Crippen LogP contribution is -2.32. The van der Waals surface area contributed by atoms with Gasteiger partial charge in [-0.05, 0) is 68.3 Å². The van der Waals surface area contributed by atoms with Gasteiger partial charge in [0.15, 0.2) is 6.10 Å². The molecular formula is C25H28N2O5S. The highest BCUT2D eigenvalue weighted by molar-refractivity contribution is 7.92. The van der Waals surface area contributed by atoms with Crippen molar-refractivity contribution in [2.45, 2.75) is 38.2 Å². The van der Waals surface area contributed by atoms with E-state index >= 15 is 0 Å². The Hall–Kier alpha value is -3.52. The Morgan fingerprint density at radius 1 is 0.970 bits per heavy atom. The van der Waals surface area contributed by atoms with Crippen molar-refractivity contribution >= 4 is 27.3 Å². The van der Waals surface area contributed by atoms with E-state index in [1.54, 1.807) is 49.6 Å². The predicted octanol–water partition coefficient (Wildman–Crippen LogP) is 4.91. The molecule has 0 aliphatic heterocycles. The average molecular weight is 469 g/mol. The maximum absolute atomic E-state index is 12.8. The number of amides is 1. The van der Waals surface area contributed by atoms with Gasteiger partial charge < -0.3 is 14.8 Å². The molecule has 0 aliphatic carbocycles.